The predicted octanol–water partition coefficient (Wildman–Crippen LogP) is 5.95. The van der Waals surface area contributed by atoms with Gasteiger partial charge in [-0.25, -0.2) is 4.39 Å². The molecule has 0 fully saturated rings. The van der Waals surface area contributed by atoms with Crippen molar-refractivity contribution in [2.24, 2.45) is 0 Å². The van der Waals surface area contributed by atoms with Crippen molar-refractivity contribution in [2.75, 3.05) is 0 Å². The van der Waals surface area contributed by atoms with Crippen molar-refractivity contribution in [1.82, 2.24) is 20.1 Å². The molecule has 0 saturated heterocycles. The van der Waals surface area contributed by atoms with Crippen molar-refractivity contribution in [3.05, 3.63) is 107 Å². The van der Waals surface area contributed by atoms with Gasteiger partial charge in [0.05, 0.1) is 0 Å². The Morgan fingerprint density at radius 2 is 1.69 bits per heavy atom. The highest BCUT2D eigenvalue weighted by atomic mass is 32.2. The Bertz CT molecular complexity index is 1290. The Morgan fingerprint density at radius 1 is 0.943 bits per heavy atom. The molecule has 0 spiro atoms. The number of thioether (sulfide) groups is 1. The molecule has 0 saturated carbocycles. The molecule has 0 bridgehead atoms. The highest BCUT2D eigenvalue weighted by molar-refractivity contribution is 7.98. The molecule has 0 unspecified atom stereocenters. The Kier molecular flexibility index (Phi) is 8.32. The average molecular weight is 489 g/mol. The summed E-state index contributed by atoms with van der Waals surface area (Å²) < 4.78 is 15.1. The molecule has 4 aromatic rings. The van der Waals surface area contributed by atoms with Crippen molar-refractivity contribution < 1.29 is 9.18 Å². The number of rotatable bonds is 10. The van der Waals surface area contributed by atoms with Gasteiger partial charge in [0.1, 0.15) is 11.6 Å². The zero-order chi connectivity index (χ0) is 24.6. The van der Waals surface area contributed by atoms with Crippen molar-refractivity contribution in [3.8, 4) is 5.69 Å². The molecular formula is C28H29FN4OS. The van der Waals surface area contributed by atoms with Gasteiger partial charge >= 0.3 is 0 Å². The van der Waals surface area contributed by atoms with Crippen LogP contribution in [-0.4, -0.2) is 20.7 Å². The number of hydrogen-bond acceptors (Lipinski definition) is 4. The van der Waals surface area contributed by atoms with Crippen molar-refractivity contribution in [2.45, 2.75) is 50.6 Å². The van der Waals surface area contributed by atoms with Crippen LogP contribution in [0.15, 0.2) is 78.0 Å². The maximum atomic E-state index is 13.0. The number of aryl methyl sites for hydroxylation is 3. The highest BCUT2D eigenvalue weighted by Crippen LogP contribution is 2.26. The summed E-state index contributed by atoms with van der Waals surface area (Å²) in [6, 6.07) is 22.9. The summed E-state index contributed by atoms with van der Waals surface area (Å²) in [7, 11) is 0. The third kappa shape index (κ3) is 7.02. The van der Waals surface area contributed by atoms with Gasteiger partial charge in [0.2, 0.25) is 5.91 Å². The van der Waals surface area contributed by atoms with E-state index in [9.17, 15) is 9.18 Å². The van der Waals surface area contributed by atoms with Crippen LogP contribution in [0, 0.1) is 19.7 Å². The molecule has 0 aliphatic carbocycles. The van der Waals surface area contributed by atoms with E-state index in [0.717, 1.165) is 33.5 Å². The van der Waals surface area contributed by atoms with E-state index in [1.165, 1.54) is 23.3 Å². The number of nitrogens with zero attached hydrogens (tertiary/aromatic N) is 3. The number of amides is 1. The lowest BCUT2D eigenvalue weighted by molar-refractivity contribution is -0.121. The van der Waals surface area contributed by atoms with Gasteiger partial charge < -0.3 is 5.32 Å². The predicted molar refractivity (Wildman–Crippen MR) is 138 cm³/mol. The molecule has 0 radical (unpaired) electrons. The Hall–Kier alpha value is -3.45. The lowest BCUT2D eigenvalue weighted by Crippen LogP contribution is -2.22. The van der Waals surface area contributed by atoms with Crippen LogP contribution in [0.1, 0.15) is 40.9 Å². The quantitative estimate of drug-likeness (QED) is 0.280. The van der Waals surface area contributed by atoms with Crippen LogP contribution in [0.4, 0.5) is 4.39 Å². The molecule has 0 aliphatic heterocycles. The smallest absolute Gasteiger partial charge is 0.220 e. The van der Waals surface area contributed by atoms with Gasteiger partial charge in [-0.05, 0) is 61.2 Å². The number of halogens is 1. The van der Waals surface area contributed by atoms with Crippen LogP contribution in [0.25, 0.3) is 5.69 Å². The van der Waals surface area contributed by atoms with E-state index in [1.807, 2.05) is 6.07 Å². The first-order valence-corrected chi connectivity index (χ1v) is 12.7. The lowest BCUT2D eigenvalue weighted by atomic mass is 10.2. The first-order valence-electron chi connectivity index (χ1n) is 11.7. The fourth-order valence-electron chi connectivity index (χ4n) is 3.83. The van der Waals surface area contributed by atoms with Crippen LogP contribution in [0.2, 0.25) is 0 Å². The SMILES string of the molecule is Cc1cccc(CSc2nnc(CCCC(=O)NCc3ccc(F)cc3)n2-c2cccc(C)c2)c1. The van der Waals surface area contributed by atoms with E-state index < -0.39 is 0 Å². The van der Waals surface area contributed by atoms with Gasteiger partial charge in [-0.15, -0.1) is 10.2 Å². The van der Waals surface area contributed by atoms with Crippen molar-refractivity contribution in [1.29, 1.82) is 0 Å². The molecule has 4 rings (SSSR count). The number of carbonyl (C=O) groups is 1. The van der Waals surface area contributed by atoms with E-state index in [-0.39, 0.29) is 11.7 Å². The third-order valence-electron chi connectivity index (χ3n) is 5.62. The summed E-state index contributed by atoms with van der Waals surface area (Å²) >= 11 is 1.66. The molecule has 5 nitrogen and oxygen atoms in total. The van der Waals surface area contributed by atoms with Gasteiger partial charge in [-0.1, -0.05) is 65.9 Å². The molecule has 1 heterocycles. The normalized spacial score (nSPS) is 10.9. The average Bonchev–Trinajstić information content (AvgIpc) is 3.25. The minimum absolute atomic E-state index is 0.0370. The van der Waals surface area contributed by atoms with Gasteiger partial charge in [-0.2, -0.15) is 0 Å². The molecule has 7 heteroatoms. The van der Waals surface area contributed by atoms with Gasteiger partial charge in [-0.3, -0.25) is 9.36 Å². The molecule has 1 N–H and O–H groups in total. The molecule has 1 amide bonds. The van der Waals surface area contributed by atoms with Crippen LogP contribution in [0.3, 0.4) is 0 Å². The van der Waals surface area contributed by atoms with Crippen LogP contribution in [0.5, 0.6) is 0 Å². The summed E-state index contributed by atoms with van der Waals surface area (Å²) in [6.07, 6.45) is 1.67. The standard InChI is InChI=1S/C28H29FN4OS/c1-20-6-3-8-23(16-20)19-35-28-32-31-26(33(28)25-9-4-7-21(2)17-25)10-5-11-27(34)30-18-22-12-14-24(29)15-13-22/h3-4,6-9,12-17H,5,10-11,18-19H2,1-2H3,(H,30,34). The third-order valence-corrected chi connectivity index (χ3v) is 6.62. The topological polar surface area (TPSA) is 59.8 Å². The molecular weight excluding hydrogens is 459 g/mol. The maximum Gasteiger partial charge on any atom is 0.220 e. The summed E-state index contributed by atoms with van der Waals surface area (Å²) in [5.41, 5.74) is 5.54. The summed E-state index contributed by atoms with van der Waals surface area (Å²) in [6.45, 7) is 4.55. The first-order chi connectivity index (χ1) is 17.0. The van der Waals surface area contributed by atoms with Crippen LogP contribution in [-0.2, 0) is 23.5 Å². The van der Waals surface area contributed by atoms with Crippen LogP contribution >= 0.6 is 11.8 Å². The second-order valence-electron chi connectivity index (χ2n) is 8.61. The minimum atomic E-state index is -0.283. The summed E-state index contributed by atoms with van der Waals surface area (Å²) in [5.74, 6) is 1.32. The number of benzene rings is 3. The van der Waals surface area contributed by atoms with E-state index in [1.54, 1.807) is 23.9 Å². The number of nitrogens with one attached hydrogen (secondary N) is 1. The molecule has 3 aromatic carbocycles. The number of carbonyl (C=O) groups excluding carboxylic acids is 1. The second kappa shape index (κ2) is 11.8. The molecule has 180 valence electrons. The molecule has 0 atom stereocenters. The maximum absolute atomic E-state index is 13.0. The van der Waals surface area contributed by atoms with Crippen LogP contribution < -0.4 is 5.32 Å². The zero-order valence-electron chi connectivity index (χ0n) is 20.0. The fourth-order valence-corrected chi connectivity index (χ4v) is 4.74. The van der Waals surface area contributed by atoms with Gasteiger partial charge in [0.25, 0.3) is 0 Å². The fraction of sp³-hybridized carbons (Fsp3) is 0.250. The lowest BCUT2D eigenvalue weighted by Gasteiger charge is -2.11. The largest absolute Gasteiger partial charge is 0.352 e. The van der Waals surface area contributed by atoms with Crippen molar-refractivity contribution >= 4 is 17.7 Å². The van der Waals surface area contributed by atoms with E-state index in [2.05, 4.69) is 76.4 Å². The minimum Gasteiger partial charge on any atom is -0.352 e. The van der Waals surface area contributed by atoms with Crippen molar-refractivity contribution in [3.63, 3.8) is 0 Å². The van der Waals surface area contributed by atoms with E-state index >= 15 is 0 Å². The monoisotopic (exact) mass is 488 g/mol. The van der Waals surface area contributed by atoms with Gasteiger partial charge in [0, 0.05) is 30.8 Å². The highest BCUT2D eigenvalue weighted by Gasteiger charge is 2.15. The molecule has 35 heavy (non-hydrogen) atoms. The second-order valence-corrected chi connectivity index (χ2v) is 9.55. The molecule has 0 aliphatic rings. The Balaban J connectivity index is 1.40. The Morgan fingerprint density at radius 3 is 2.43 bits per heavy atom. The van der Waals surface area contributed by atoms with E-state index in [0.29, 0.717) is 25.8 Å². The zero-order valence-corrected chi connectivity index (χ0v) is 20.8. The summed E-state index contributed by atoms with van der Waals surface area (Å²) in [4.78, 5) is 12.3. The number of hydrogen-bond donors (Lipinski definition) is 1. The number of aromatic nitrogens is 3. The van der Waals surface area contributed by atoms with E-state index in [4.69, 9.17) is 0 Å². The molecule has 1 aromatic heterocycles. The Labute approximate surface area is 209 Å². The van der Waals surface area contributed by atoms with Gasteiger partial charge in [0.15, 0.2) is 5.16 Å². The first kappa shape index (κ1) is 24.7. The summed E-state index contributed by atoms with van der Waals surface area (Å²) in [5, 5.41) is 12.7.